The highest BCUT2D eigenvalue weighted by molar-refractivity contribution is 5.48. The molecule has 5 nitrogen and oxygen atoms in total. The van der Waals surface area contributed by atoms with Gasteiger partial charge in [-0.15, -0.1) is 0 Å². The van der Waals surface area contributed by atoms with Crippen molar-refractivity contribution in [3.8, 4) is 11.5 Å². The van der Waals surface area contributed by atoms with Crippen molar-refractivity contribution < 1.29 is 18.9 Å². The van der Waals surface area contributed by atoms with Crippen LogP contribution in [0.4, 0.5) is 0 Å². The third-order valence-corrected chi connectivity index (χ3v) is 3.40. The van der Waals surface area contributed by atoms with Crippen LogP contribution >= 0.6 is 0 Å². The average Bonchev–Trinajstić information content (AvgIpc) is 2.43. The van der Waals surface area contributed by atoms with E-state index < -0.39 is 0 Å². The molecule has 2 aliphatic heterocycles. The van der Waals surface area contributed by atoms with Crippen molar-refractivity contribution >= 4 is 0 Å². The van der Waals surface area contributed by atoms with Crippen LogP contribution in [0.1, 0.15) is 11.7 Å². The first-order valence-corrected chi connectivity index (χ1v) is 6.62. The van der Waals surface area contributed by atoms with Crippen LogP contribution in [0.25, 0.3) is 0 Å². The van der Waals surface area contributed by atoms with Crippen LogP contribution in [0.5, 0.6) is 11.5 Å². The van der Waals surface area contributed by atoms with E-state index in [0.29, 0.717) is 19.8 Å². The molecule has 5 heteroatoms. The second-order valence-electron chi connectivity index (χ2n) is 4.72. The van der Waals surface area contributed by atoms with Crippen LogP contribution in [-0.4, -0.2) is 46.1 Å². The summed E-state index contributed by atoms with van der Waals surface area (Å²) in [6.45, 7) is 3.69. The second kappa shape index (κ2) is 5.77. The highest BCUT2D eigenvalue weighted by atomic mass is 16.6. The number of methoxy groups -OCH3 is 1. The van der Waals surface area contributed by atoms with Gasteiger partial charge in [-0.1, -0.05) is 12.1 Å². The summed E-state index contributed by atoms with van der Waals surface area (Å²) < 4.78 is 22.4. The molecule has 1 unspecified atom stereocenters. The van der Waals surface area contributed by atoms with Gasteiger partial charge < -0.3 is 24.3 Å². The Bertz CT molecular complexity index is 427. The van der Waals surface area contributed by atoms with Crippen LogP contribution in [0.15, 0.2) is 18.2 Å². The number of hydrogen-bond acceptors (Lipinski definition) is 5. The first-order valence-electron chi connectivity index (χ1n) is 6.62. The van der Waals surface area contributed by atoms with Crippen molar-refractivity contribution in [1.82, 2.24) is 5.32 Å². The monoisotopic (exact) mass is 265 g/mol. The van der Waals surface area contributed by atoms with E-state index in [2.05, 4.69) is 5.32 Å². The lowest BCUT2D eigenvalue weighted by Crippen LogP contribution is -2.39. The molecule has 104 valence electrons. The predicted octanol–water partition coefficient (Wildman–Crippen LogP) is 1.13. The molecule has 0 saturated carbocycles. The molecule has 2 saturated heterocycles. The Kier molecular flexibility index (Phi) is 3.87. The summed E-state index contributed by atoms with van der Waals surface area (Å²) in [6, 6.07) is 5.92. The number of para-hydroxylation sites is 1. The SMILES string of the molecule is COc1cccc(C2CNCCO2)c1OC1COC1. The fourth-order valence-corrected chi connectivity index (χ4v) is 2.29. The molecule has 19 heavy (non-hydrogen) atoms. The molecule has 1 N–H and O–H groups in total. The van der Waals surface area contributed by atoms with E-state index in [-0.39, 0.29) is 12.2 Å². The normalized spacial score (nSPS) is 23.7. The van der Waals surface area contributed by atoms with Gasteiger partial charge in [-0.25, -0.2) is 0 Å². The van der Waals surface area contributed by atoms with Crippen molar-refractivity contribution in [2.75, 3.05) is 40.0 Å². The number of nitrogens with one attached hydrogen (secondary N) is 1. The third kappa shape index (κ3) is 2.68. The Morgan fingerprint density at radius 1 is 1.32 bits per heavy atom. The summed E-state index contributed by atoms with van der Waals surface area (Å²) in [5, 5.41) is 3.33. The summed E-state index contributed by atoms with van der Waals surface area (Å²) in [6.07, 6.45) is 0.131. The maximum atomic E-state index is 6.00. The number of ether oxygens (including phenoxy) is 4. The molecule has 0 amide bonds. The molecule has 1 atom stereocenters. The van der Waals surface area contributed by atoms with E-state index in [1.165, 1.54) is 0 Å². The molecule has 2 aliphatic rings. The second-order valence-corrected chi connectivity index (χ2v) is 4.72. The molecule has 0 aromatic heterocycles. The molecular weight excluding hydrogens is 246 g/mol. The van der Waals surface area contributed by atoms with Crippen LogP contribution in [0.2, 0.25) is 0 Å². The number of morpholine rings is 1. The van der Waals surface area contributed by atoms with Gasteiger partial charge in [0.25, 0.3) is 0 Å². The zero-order valence-electron chi connectivity index (χ0n) is 11.1. The van der Waals surface area contributed by atoms with Crippen molar-refractivity contribution in [2.45, 2.75) is 12.2 Å². The first-order chi connectivity index (χ1) is 9.38. The quantitative estimate of drug-likeness (QED) is 0.884. The van der Waals surface area contributed by atoms with E-state index in [0.717, 1.165) is 30.2 Å². The lowest BCUT2D eigenvalue weighted by atomic mass is 10.1. The fourth-order valence-electron chi connectivity index (χ4n) is 2.29. The Hall–Kier alpha value is -1.30. The smallest absolute Gasteiger partial charge is 0.167 e. The van der Waals surface area contributed by atoms with Gasteiger partial charge in [0.05, 0.1) is 33.0 Å². The highest BCUT2D eigenvalue weighted by Gasteiger charge is 2.27. The Morgan fingerprint density at radius 3 is 2.84 bits per heavy atom. The minimum Gasteiger partial charge on any atom is -0.493 e. The minimum absolute atomic E-state index is 0.0137. The molecule has 2 heterocycles. The Balaban J connectivity index is 1.87. The summed E-state index contributed by atoms with van der Waals surface area (Å²) in [5.74, 6) is 1.53. The largest absolute Gasteiger partial charge is 0.493 e. The average molecular weight is 265 g/mol. The molecular formula is C14H19NO4. The maximum Gasteiger partial charge on any atom is 0.167 e. The van der Waals surface area contributed by atoms with Crippen LogP contribution in [-0.2, 0) is 9.47 Å². The van der Waals surface area contributed by atoms with Gasteiger partial charge in [0.15, 0.2) is 11.5 Å². The fraction of sp³-hybridized carbons (Fsp3) is 0.571. The molecule has 0 radical (unpaired) electrons. The molecule has 2 fully saturated rings. The number of benzene rings is 1. The lowest BCUT2D eigenvalue weighted by Gasteiger charge is -2.31. The summed E-state index contributed by atoms with van der Waals surface area (Å²) in [7, 11) is 1.66. The van der Waals surface area contributed by atoms with Crippen LogP contribution in [0.3, 0.4) is 0 Å². The van der Waals surface area contributed by atoms with E-state index in [1.54, 1.807) is 7.11 Å². The summed E-state index contributed by atoms with van der Waals surface area (Å²) in [5.41, 5.74) is 1.04. The van der Waals surface area contributed by atoms with Crippen LogP contribution < -0.4 is 14.8 Å². The Labute approximate surface area is 112 Å². The zero-order chi connectivity index (χ0) is 13.1. The first kappa shape index (κ1) is 12.7. The molecule has 1 aromatic rings. The van der Waals surface area contributed by atoms with Gasteiger partial charge in [-0.3, -0.25) is 0 Å². The van der Waals surface area contributed by atoms with E-state index >= 15 is 0 Å². The summed E-state index contributed by atoms with van der Waals surface area (Å²) in [4.78, 5) is 0. The standard InChI is InChI=1S/C14H19NO4/c1-16-12-4-2-3-11(13-7-15-5-6-18-13)14(12)19-10-8-17-9-10/h2-4,10,13,15H,5-9H2,1H3. The summed E-state index contributed by atoms with van der Waals surface area (Å²) >= 11 is 0. The van der Waals surface area contributed by atoms with E-state index in [1.807, 2.05) is 18.2 Å². The van der Waals surface area contributed by atoms with Crippen molar-refractivity contribution in [3.63, 3.8) is 0 Å². The molecule has 0 spiro atoms. The molecule has 1 aromatic carbocycles. The van der Waals surface area contributed by atoms with Crippen molar-refractivity contribution in [2.24, 2.45) is 0 Å². The van der Waals surface area contributed by atoms with Gasteiger partial charge in [0.2, 0.25) is 0 Å². The van der Waals surface area contributed by atoms with Gasteiger partial charge in [0.1, 0.15) is 6.10 Å². The van der Waals surface area contributed by atoms with Gasteiger partial charge in [-0.2, -0.15) is 0 Å². The maximum absolute atomic E-state index is 6.00. The highest BCUT2D eigenvalue weighted by Crippen LogP contribution is 2.37. The van der Waals surface area contributed by atoms with Gasteiger partial charge >= 0.3 is 0 Å². The number of hydrogen-bond donors (Lipinski definition) is 1. The third-order valence-electron chi connectivity index (χ3n) is 3.40. The van der Waals surface area contributed by atoms with Crippen molar-refractivity contribution in [1.29, 1.82) is 0 Å². The van der Waals surface area contributed by atoms with Gasteiger partial charge in [-0.05, 0) is 6.07 Å². The Morgan fingerprint density at radius 2 is 2.21 bits per heavy atom. The number of rotatable bonds is 4. The topological polar surface area (TPSA) is 49.0 Å². The predicted molar refractivity (Wildman–Crippen MR) is 69.8 cm³/mol. The van der Waals surface area contributed by atoms with Crippen molar-refractivity contribution in [3.05, 3.63) is 23.8 Å². The minimum atomic E-state index is 0.0137. The van der Waals surface area contributed by atoms with Crippen LogP contribution in [0, 0.1) is 0 Å². The molecule has 0 aliphatic carbocycles. The van der Waals surface area contributed by atoms with Gasteiger partial charge in [0, 0.05) is 18.7 Å². The van der Waals surface area contributed by atoms with E-state index in [9.17, 15) is 0 Å². The molecule has 3 rings (SSSR count). The molecule has 0 bridgehead atoms. The van der Waals surface area contributed by atoms with E-state index in [4.69, 9.17) is 18.9 Å². The zero-order valence-corrected chi connectivity index (χ0v) is 11.1. The lowest BCUT2D eigenvalue weighted by molar-refractivity contribution is -0.0818.